The van der Waals surface area contributed by atoms with Gasteiger partial charge in [-0.05, 0) is 18.6 Å². The summed E-state index contributed by atoms with van der Waals surface area (Å²) in [5.41, 5.74) is 6.63. The average Bonchev–Trinajstić information content (AvgIpc) is 2.17. The lowest BCUT2D eigenvalue weighted by Crippen LogP contribution is -2.10. The molecule has 0 radical (unpaired) electrons. The molecular formula is C10H16N2O3S. The first kappa shape index (κ1) is 12.6. The third kappa shape index (κ3) is 3.98. The van der Waals surface area contributed by atoms with E-state index in [1.165, 1.54) is 0 Å². The first-order valence-electron chi connectivity index (χ1n) is 4.92. The van der Waals surface area contributed by atoms with E-state index in [1.807, 2.05) is 6.92 Å². The molecule has 0 aliphatic carbocycles. The Morgan fingerprint density at radius 2 is 2.12 bits per heavy atom. The van der Waals surface area contributed by atoms with Crippen LogP contribution in [0.3, 0.4) is 0 Å². The number of hydrogen-bond acceptors (Lipinski definition) is 4. The quantitative estimate of drug-likeness (QED) is 0.768. The van der Waals surface area contributed by atoms with Crippen molar-refractivity contribution in [3.05, 3.63) is 18.2 Å². The SMILES string of the molecule is CCCOc1cc(NS(C)(=O)=O)ccc1N. The molecule has 1 aromatic rings. The molecular weight excluding hydrogens is 228 g/mol. The highest BCUT2D eigenvalue weighted by Gasteiger charge is 2.05. The Hall–Kier alpha value is -1.43. The number of nitrogens with two attached hydrogens (primary N) is 1. The molecule has 5 nitrogen and oxygen atoms in total. The van der Waals surface area contributed by atoms with Crippen molar-refractivity contribution in [1.29, 1.82) is 0 Å². The minimum Gasteiger partial charge on any atom is -0.491 e. The normalized spacial score (nSPS) is 11.1. The summed E-state index contributed by atoms with van der Waals surface area (Å²) in [6.07, 6.45) is 1.96. The molecule has 0 fully saturated rings. The number of nitrogens with one attached hydrogen (secondary N) is 1. The van der Waals surface area contributed by atoms with Crippen molar-refractivity contribution in [2.24, 2.45) is 0 Å². The molecule has 0 aromatic heterocycles. The molecule has 0 saturated carbocycles. The van der Waals surface area contributed by atoms with Crippen LogP contribution in [0.2, 0.25) is 0 Å². The third-order valence-corrected chi connectivity index (χ3v) is 2.38. The van der Waals surface area contributed by atoms with Crippen molar-refractivity contribution < 1.29 is 13.2 Å². The van der Waals surface area contributed by atoms with Crippen LogP contribution in [-0.4, -0.2) is 21.3 Å². The molecule has 0 aliphatic heterocycles. The van der Waals surface area contributed by atoms with E-state index >= 15 is 0 Å². The van der Waals surface area contributed by atoms with Gasteiger partial charge in [0.15, 0.2) is 0 Å². The van der Waals surface area contributed by atoms with E-state index in [1.54, 1.807) is 18.2 Å². The van der Waals surface area contributed by atoms with Crippen LogP contribution < -0.4 is 15.2 Å². The van der Waals surface area contributed by atoms with Gasteiger partial charge in [0.05, 0.1) is 24.2 Å². The van der Waals surface area contributed by atoms with Gasteiger partial charge in [-0.3, -0.25) is 4.72 Å². The number of anilines is 2. The van der Waals surface area contributed by atoms with Gasteiger partial charge in [-0.15, -0.1) is 0 Å². The highest BCUT2D eigenvalue weighted by atomic mass is 32.2. The Kier molecular flexibility index (Phi) is 4.00. The molecule has 0 bridgehead atoms. The molecule has 6 heteroatoms. The molecule has 16 heavy (non-hydrogen) atoms. The molecule has 0 aliphatic rings. The molecule has 90 valence electrons. The van der Waals surface area contributed by atoms with Gasteiger partial charge in [0.25, 0.3) is 0 Å². The second-order valence-corrected chi connectivity index (χ2v) is 5.22. The molecule has 1 rings (SSSR count). The van der Waals surface area contributed by atoms with E-state index < -0.39 is 10.0 Å². The van der Waals surface area contributed by atoms with Crippen LogP contribution in [0.15, 0.2) is 18.2 Å². The summed E-state index contributed by atoms with van der Waals surface area (Å²) in [5.74, 6) is 0.496. The van der Waals surface area contributed by atoms with Crippen LogP contribution in [-0.2, 0) is 10.0 Å². The summed E-state index contributed by atoms with van der Waals surface area (Å²) < 4.78 is 29.8. The van der Waals surface area contributed by atoms with Gasteiger partial charge in [-0.25, -0.2) is 8.42 Å². The summed E-state index contributed by atoms with van der Waals surface area (Å²) in [7, 11) is -3.27. The number of ether oxygens (including phenoxy) is 1. The zero-order valence-electron chi connectivity index (χ0n) is 9.36. The maximum absolute atomic E-state index is 11.0. The molecule has 1 aromatic carbocycles. The van der Waals surface area contributed by atoms with Crippen LogP contribution >= 0.6 is 0 Å². The number of sulfonamides is 1. The first-order valence-corrected chi connectivity index (χ1v) is 6.81. The molecule has 0 atom stereocenters. The van der Waals surface area contributed by atoms with Crippen molar-refractivity contribution in [3.63, 3.8) is 0 Å². The molecule has 0 spiro atoms. The largest absolute Gasteiger partial charge is 0.491 e. The lowest BCUT2D eigenvalue weighted by Gasteiger charge is -2.10. The van der Waals surface area contributed by atoms with E-state index in [0.29, 0.717) is 23.7 Å². The van der Waals surface area contributed by atoms with Crippen LogP contribution in [0, 0.1) is 0 Å². The monoisotopic (exact) mass is 244 g/mol. The Labute approximate surface area is 95.7 Å². The third-order valence-electron chi connectivity index (χ3n) is 1.78. The summed E-state index contributed by atoms with van der Waals surface area (Å²) in [4.78, 5) is 0. The predicted molar refractivity (Wildman–Crippen MR) is 65.1 cm³/mol. The summed E-state index contributed by atoms with van der Waals surface area (Å²) in [6.45, 7) is 2.53. The van der Waals surface area contributed by atoms with Crippen LogP contribution in [0.5, 0.6) is 5.75 Å². The van der Waals surface area contributed by atoms with Crippen molar-refractivity contribution in [1.82, 2.24) is 0 Å². The summed E-state index contributed by atoms with van der Waals surface area (Å²) in [6, 6.07) is 4.78. The first-order chi connectivity index (χ1) is 7.42. The van der Waals surface area contributed by atoms with Crippen molar-refractivity contribution in [2.75, 3.05) is 23.3 Å². The summed E-state index contributed by atoms with van der Waals surface area (Å²) >= 11 is 0. The fraction of sp³-hybridized carbons (Fsp3) is 0.400. The molecule has 0 amide bonds. The van der Waals surface area contributed by atoms with E-state index in [9.17, 15) is 8.42 Å². The van der Waals surface area contributed by atoms with Gasteiger partial charge in [0.1, 0.15) is 5.75 Å². The predicted octanol–water partition coefficient (Wildman–Crippen LogP) is 1.43. The average molecular weight is 244 g/mol. The lowest BCUT2D eigenvalue weighted by molar-refractivity contribution is 0.319. The van der Waals surface area contributed by atoms with Crippen molar-refractivity contribution >= 4 is 21.4 Å². The van der Waals surface area contributed by atoms with Gasteiger partial charge < -0.3 is 10.5 Å². The number of rotatable bonds is 5. The van der Waals surface area contributed by atoms with E-state index in [0.717, 1.165) is 12.7 Å². The highest BCUT2D eigenvalue weighted by molar-refractivity contribution is 7.92. The van der Waals surface area contributed by atoms with Crippen LogP contribution in [0.1, 0.15) is 13.3 Å². The zero-order chi connectivity index (χ0) is 12.2. The number of benzene rings is 1. The maximum Gasteiger partial charge on any atom is 0.229 e. The standard InChI is InChI=1S/C10H16N2O3S/c1-3-6-15-10-7-8(4-5-9(10)11)12-16(2,13)14/h4-5,7,12H,3,6,11H2,1-2H3. The number of nitrogen functional groups attached to an aromatic ring is 1. The van der Waals surface area contributed by atoms with E-state index in [-0.39, 0.29) is 0 Å². The van der Waals surface area contributed by atoms with Crippen molar-refractivity contribution in [2.45, 2.75) is 13.3 Å². The van der Waals surface area contributed by atoms with Gasteiger partial charge in [-0.2, -0.15) is 0 Å². The lowest BCUT2D eigenvalue weighted by atomic mass is 10.2. The molecule has 0 saturated heterocycles. The van der Waals surface area contributed by atoms with Gasteiger partial charge in [0, 0.05) is 6.07 Å². The van der Waals surface area contributed by atoms with Crippen LogP contribution in [0.4, 0.5) is 11.4 Å². The minimum atomic E-state index is -3.27. The second-order valence-electron chi connectivity index (χ2n) is 3.48. The number of hydrogen-bond donors (Lipinski definition) is 2. The smallest absolute Gasteiger partial charge is 0.229 e. The Morgan fingerprint density at radius 3 is 2.69 bits per heavy atom. The van der Waals surface area contributed by atoms with Gasteiger partial charge in [0.2, 0.25) is 10.0 Å². The van der Waals surface area contributed by atoms with E-state index in [2.05, 4.69) is 4.72 Å². The Morgan fingerprint density at radius 1 is 1.44 bits per heavy atom. The van der Waals surface area contributed by atoms with Gasteiger partial charge in [-0.1, -0.05) is 6.92 Å². The molecule has 0 heterocycles. The Bertz CT molecular complexity index is 457. The highest BCUT2D eigenvalue weighted by Crippen LogP contribution is 2.26. The topological polar surface area (TPSA) is 81.4 Å². The molecule has 3 N–H and O–H groups in total. The van der Waals surface area contributed by atoms with Crippen molar-refractivity contribution in [3.8, 4) is 5.75 Å². The summed E-state index contributed by atoms with van der Waals surface area (Å²) in [5, 5.41) is 0. The fourth-order valence-corrected chi connectivity index (χ4v) is 1.70. The Balaban J connectivity index is 2.89. The van der Waals surface area contributed by atoms with E-state index in [4.69, 9.17) is 10.5 Å². The van der Waals surface area contributed by atoms with Crippen LogP contribution in [0.25, 0.3) is 0 Å². The fourth-order valence-electron chi connectivity index (χ4n) is 1.15. The minimum absolute atomic E-state index is 0.447. The molecule has 0 unspecified atom stereocenters. The van der Waals surface area contributed by atoms with Gasteiger partial charge >= 0.3 is 0 Å². The maximum atomic E-state index is 11.0. The zero-order valence-corrected chi connectivity index (χ0v) is 10.2. The second kappa shape index (κ2) is 5.07.